The van der Waals surface area contributed by atoms with E-state index in [0.717, 1.165) is 22.2 Å². The maximum absolute atomic E-state index is 13.8. The van der Waals surface area contributed by atoms with Crippen molar-refractivity contribution >= 4 is 44.8 Å². The lowest BCUT2D eigenvalue weighted by Crippen LogP contribution is -2.24. The summed E-state index contributed by atoms with van der Waals surface area (Å²) in [5, 5.41) is 1.15. The van der Waals surface area contributed by atoms with Crippen LogP contribution in [-0.2, 0) is 6.54 Å². The van der Waals surface area contributed by atoms with Crippen molar-refractivity contribution < 1.29 is 0 Å². The molecule has 0 saturated heterocycles. The van der Waals surface area contributed by atoms with E-state index in [0.29, 0.717) is 33.8 Å². The highest BCUT2D eigenvalue weighted by Crippen LogP contribution is 2.27. The minimum Gasteiger partial charge on any atom is -0.304 e. The number of nitrogens with zero attached hydrogens (tertiary/aromatic N) is 5. The lowest BCUT2D eigenvalue weighted by atomic mass is 10.1. The van der Waals surface area contributed by atoms with Gasteiger partial charge in [0, 0.05) is 5.02 Å². The molecule has 3 heterocycles. The molecule has 6 rings (SSSR count). The van der Waals surface area contributed by atoms with Crippen LogP contribution in [0.1, 0.15) is 24.1 Å². The summed E-state index contributed by atoms with van der Waals surface area (Å²) in [5.74, 6) is 0. The van der Waals surface area contributed by atoms with Crippen molar-refractivity contribution in [3.63, 3.8) is 0 Å². The molecule has 3 aromatic carbocycles. The van der Waals surface area contributed by atoms with Gasteiger partial charge in [-0.25, -0.2) is 15.0 Å². The summed E-state index contributed by atoms with van der Waals surface area (Å²) in [4.78, 5) is 28.3. The van der Waals surface area contributed by atoms with Crippen LogP contribution in [0, 0.1) is 0 Å². The van der Waals surface area contributed by atoms with Gasteiger partial charge in [0.1, 0.15) is 17.2 Å². The molecule has 0 fully saturated rings. The fraction of sp³-hybridized carbons (Fsp3) is 0.111. The highest BCUT2D eigenvalue weighted by molar-refractivity contribution is 6.30. The number of hydrogen-bond donors (Lipinski definition) is 0. The van der Waals surface area contributed by atoms with Gasteiger partial charge < -0.3 is 4.57 Å². The van der Waals surface area contributed by atoms with Gasteiger partial charge in [0.05, 0.1) is 23.6 Å². The van der Waals surface area contributed by atoms with Gasteiger partial charge in [-0.15, -0.1) is 0 Å². The normalized spacial score (nSPS) is 12.5. The van der Waals surface area contributed by atoms with E-state index >= 15 is 0 Å². The number of halogens is 1. The number of benzene rings is 3. The Morgan fingerprint density at radius 1 is 0.853 bits per heavy atom. The highest BCUT2D eigenvalue weighted by atomic mass is 35.5. The molecule has 0 radical (unpaired) electrons. The molecule has 7 heteroatoms. The van der Waals surface area contributed by atoms with Gasteiger partial charge in [0.2, 0.25) is 0 Å². The van der Waals surface area contributed by atoms with E-state index in [1.54, 1.807) is 10.9 Å². The second kappa shape index (κ2) is 8.08. The standard InChI is InChI=1S/C27H20ClN5O/c1-17(19-7-3-2-4-8-19)33-16-29-25-23(27(33)34)24-26(31-22-10-6-5-9-21(22)30-24)32(25)15-18-11-13-20(28)14-12-18/h2-14,16-17H,15H2,1H3/t17-/m1/s1. The fourth-order valence-electron chi connectivity index (χ4n) is 4.41. The van der Waals surface area contributed by atoms with Gasteiger partial charge in [-0.05, 0) is 42.3 Å². The molecule has 3 aromatic heterocycles. The van der Waals surface area contributed by atoms with Crippen molar-refractivity contribution in [3.8, 4) is 0 Å². The van der Waals surface area contributed by atoms with E-state index in [1.165, 1.54) is 0 Å². The number of aromatic nitrogens is 5. The summed E-state index contributed by atoms with van der Waals surface area (Å²) in [6.07, 6.45) is 1.62. The summed E-state index contributed by atoms with van der Waals surface area (Å²) in [5.41, 5.74) is 5.22. The molecule has 34 heavy (non-hydrogen) atoms. The maximum Gasteiger partial charge on any atom is 0.265 e. The summed E-state index contributed by atoms with van der Waals surface area (Å²) < 4.78 is 3.63. The Balaban J connectivity index is 1.64. The van der Waals surface area contributed by atoms with Crippen molar-refractivity contribution in [2.24, 2.45) is 0 Å². The summed E-state index contributed by atoms with van der Waals surface area (Å²) >= 11 is 6.08. The van der Waals surface area contributed by atoms with Gasteiger partial charge >= 0.3 is 0 Å². The van der Waals surface area contributed by atoms with Crippen LogP contribution in [0.5, 0.6) is 0 Å². The zero-order chi connectivity index (χ0) is 23.2. The zero-order valence-electron chi connectivity index (χ0n) is 18.4. The van der Waals surface area contributed by atoms with Gasteiger partial charge in [-0.2, -0.15) is 0 Å². The second-order valence-electron chi connectivity index (χ2n) is 8.34. The zero-order valence-corrected chi connectivity index (χ0v) is 19.1. The van der Waals surface area contributed by atoms with Crippen molar-refractivity contribution in [2.75, 3.05) is 0 Å². The van der Waals surface area contributed by atoms with E-state index in [2.05, 4.69) is 0 Å². The molecule has 0 N–H and O–H groups in total. The largest absolute Gasteiger partial charge is 0.304 e. The van der Waals surface area contributed by atoms with Crippen molar-refractivity contribution in [2.45, 2.75) is 19.5 Å². The molecule has 166 valence electrons. The lowest BCUT2D eigenvalue weighted by molar-refractivity contribution is 0.607. The Morgan fingerprint density at radius 2 is 1.53 bits per heavy atom. The number of hydrogen-bond acceptors (Lipinski definition) is 4. The van der Waals surface area contributed by atoms with Crippen LogP contribution in [0.4, 0.5) is 0 Å². The molecular weight excluding hydrogens is 446 g/mol. The molecule has 0 aliphatic carbocycles. The monoisotopic (exact) mass is 465 g/mol. The number of rotatable bonds is 4. The molecule has 6 nitrogen and oxygen atoms in total. The van der Waals surface area contributed by atoms with E-state index in [9.17, 15) is 4.79 Å². The average Bonchev–Trinajstić information content (AvgIpc) is 3.17. The molecule has 0 spiro atoms. The summed E-state index contributed by atoms with van der Waals surface area (Å²) in [6.45, 7) is 2.49. The summed E-state index contributed by atoms with van der Waals surface area (Å²) in [7, 11) is 0. The van der Waals surface area contributed by atoms with E-state index < -0.39 is 0 Å². The third-order valence-corrected chi connectivity index (χ3v) is 6.48. The minimum absolute atomic E-state index is 0.134. The highest BCUT2D eigenvalue weighted by Gasteiger charge is 2.21. The molecule has 0 aliphatic rings. The molecule has 6 aromatic rings. The first-order chi connectivity index (χ1) is 16.6. The Labute approximate surface area is 200 Å². The first-order valence-electron chi connectivity index (χ1n) is 11.1. The summed E-state index contributed by atoms with van der Waals surface area (Å²) in [6, 6.07) is 25.1. The van der Waals surface area contributed by atoms with Crippen LogP contribution >= 0.6 is 11.6 Å². The Hall–Kier alpha value is -4.03. The maximum atomic E-state index is 13.8. The van der Waals surface area contributed by atoms with E-state index in [4.69, 9.17) is 26.6 Å². The minimum atomic E-state index is -0.173. The number of fused-ring (bicyclic) bond motifs is 4. The van der Waals surface area contributed by atoms with Gasteiger partial charge in [0.25, 0.3) is 5.56 Å². The van der Waals surface area contributed by atoms with Crippen molar-refractivity contribution in [1.29, 1.82) is 0 Å². The Kier molecular flexibility index (Phi) is 4.89. The SMILES string of the molecule is C[C@H](c1ccccc1)n1cnc2c(c1=O)c1nc3ccccc3nc1n2Cc1ccc(Cl)cc1. The fourth-order valence-corrected chi connectivity index (χ4v) is 4.53. The molecular formula is C27H20ClN5O. The van der Waals surface area contributed by atoms with Crippen molar-refractivity contribution in [3.05, 3.63) is 112 Å². The first-order valence-corrected chi connectivity index (χ1v) is 11.4. The molecule has 0 saturated carbocycles. The topological polar surface area (TPSA) is 65.6 Å². The second-order valence-corrected chi connectivity index (χ2v) is 8.78. The third kappa shape index (κ3) is 3.35. The van der Waals surface area contributed by atoms with Crippen molar-refractivity contribution in [1.82, 2.24) is 24.1 Å². The predicted octanol–water partition coefficient (Wildman–Crippen LogP) is 5.61. The van der Waals surface area contributed by atoms with Crippen LogP contribution in [0.2, 0.25) is 5.02 Å². The lowest BCUT2D eigenvalue weighted by Gasteiger charge is -2.15. The third-order valence-electron chi connectivity index (χ3n) is 6.23. The Morgan fingerprint density at radius 3 is 2.26 bits per heavy atom. The first kappa shape index (κ1) is 20.6. The van der Waals surface area contributed by atoms with E-state index in [1.807, 2.05) is 90.4 Å². The smallest absolute Gasteiger partial charge is 0.265 e. The molecule has 0 unspecified atom stereocenters. The molecule has 0 aliphatic heterocycles. The van der Waals surface area contributed by atoms with Gasteiger partial charge in [-0.3, -0.25) is 9.36 Å². The quantitative estimate of drug-likeness (QED) is 0.339. The van der Waals surface area contributed by atoms with Crippen LogP contribution in [0.25, 0.3) is 33.2 Å². The van der Waals surface area contributed by atoms with Crippen LogP contribution in [0.15, 0.2) is 90.0 Å². The molecule has 0 bridgehead atoms. The van der Waals surface area contributed by atoms with Crippen LogP contribution < -0.4 is 5.56 Å². The van der Waals surface area contributed by atoms with E-state index in [-0.39, 0.29) is 11.6 Å². The average molecular weight is 466 g/mol. The molecule has 0 amide bonds. The Bertz CT molecular complexity index is 1720. The predicted molar refractivity (Wildman–Crippen MR) is 135 cm³/mol. The molecule has 1 atom stereocenters. The van der Waals surface area contributed by atoms with Gasteiger partial charge in [0.15, 0.2) is 11.3 Å². The van der Waals surface area contributed by atoms with Crippen LogP contribution in [-0.4, -0.2) is 24.1 Å². The van der Waals surface area contributed by atoms with Crippen LogP contribution in [0.3, 0.4) is 0 Å². The number of para-hydroxylation sites is 2. The van der Waals surface area contributed by atoms with Gasteiger partial charge in [-0.1, -0.05) is 66.2 Å².